The third kappa shape index (κ3) is 3.52. The summed E-state index contributed by atoms with van der Waals surface area (Å²) < 4.78 is 0. The maximum absolute atomic E-state index is 12.5. The van der Waals surface area contributed by atoms with Crippen molar-refractivity contribution in [2.75, 3.05) is 0 Å². The normalized spacial score (nSPS) is 23.3. The van der Waals surface area contributed by atoms with E-state index in [1.54, 1.807) is 12.1 Å². The van der Waals surface area contributed by atoms with Gasteiger partial charge in [0.25, 0.3) is 0 Å². The van der Waals surface area contributed by atoms with Crippen LogP contribution in [0.5, 0.6) is 0 Å². The summed E-state index contributed by atoms with van der Waals surface area (Å²) in [6.07, 6.45) is 6.10. The topological polar surface area (TPSA) is 17.1 Å². The fraction of sp³-hybridized carbons (Fsp3) is 0.562. The van der Waals surface area contributed by atoms with Crippen molar-refractivity contribution in [1.82, 2.24) is 0 Å². The highest BCUT2D eigenvalue weighted by Crippen LogP contribution is 2.35. The van der Waals surface area contributed by atoms with E-state index in [0.717, 1.165) is 18.4 Å². The monoisotopic (exact) mass is 298 g/mol. The molecule has 1 fully saturated rings. The van der Waals surface area contributed by atoms with Gasteiger partial charge in [-0.25, -0.2) is 0 Å². The van der Waals surface area contributed by atoms with Gasteiger partial charge in [0, 0.05) is 22.4 Å². The van der Waals surface area contributed by atoms with Crippen molar-refractivity contribution in [2.24, 2.45) is 11.8 Å². The molecule has 0 spiro atoms. The molecule has 1 nitrogen and oxygen atoms in total. The van der Waals surface area contributed by atoms with Crippen LogP contribution in [-0.4, -0.2) is 5.78 Å². The standard InChI is InChI=1S/C16H20Cl2O/c1-2-11-6-3-4-7-12(11)16(19)10-13-14(17)8-5-9-15(13)18/h5,8-9,11-12H,2-4,6-7,10H2,1H3. The summed E-state index contributed by atoms with van der Waals surface area (Å²) in [7, 11) is 0. The average Bonchev–Trinajstić information content (AvgIpc) is 2.42. The Morgan fingerprint density at radius 1 is 1.21 bits per heavy atom. The predicted octanol–water partition coefficient (Wildman–Crippen LogP) is 5.32. The molecule has 2 unspecified atom stereocenters. The SMILES string of the molecule is CCC1CCCCC1C(=O)Cc1c(Cl)cccc1Cl. The van der Waals surface area contributed by atoms with Gasteiger partial charge in [0.1, 0.15) is 5.78 Å². The molecule has 0 amide bonds. The van der Waals surface area contributed by atoms with Gasteiger partial charge >= 0.3 is 0 Å². The molecular weight excluding hydrogens is 279 g/mol. The first-order valence-corrected chi connectivity index (χ1v) is 7.84. The lowest BCUT2D eigenvalue weighted by molar-refractivity contribution is -0.125. The van der Waals surface area contributed by atoms with E-state index in [0.29, 0.717) is 28.2 Å². The molecule has 1 aliphatic rings. The minimum absolute atomic E-state index is 0.200. The molecule has 0 radical (unpaired) electrons. The molecule has 104 valence electrons. The zero-order valence-electron chi connectivity index (χ0n) is 11.3. The average molecular weight is 299 g/mol. The number of carbonyl (C=O) groups is 1. The van der Waals surface area contributed by atoms with Crippen molar-refractivity contribution in [3.63, 3.8) is 0 Å². The second-order valence-corrected chi connectivity index (χ2v) is 6.22. The molecule has 0 heterocycles. The van der Waals surface area contributed by atoms with Crippen LogP contribution in [0.15, 0.2) is 18.2 Å². The number of rotatable bonds is 4. The maximum atomic E-state index is 12.5. The van der Waals surface area contributed by atoms with Gasteiger partial charge in [0.05, 0.1) is 0 Å². The summed E-state index contributed by atoms with van der Waals surface area (Å²) >= 11 is 12.3. The van der Waals surface area contributed by atoms with Crippen LogP contribution in [0.3, 0.4) is 0 Å². The summed E-state index contributed by atoms with van der Waals surface area (Å²) in [4.78, 5) is 12.5. The van der Waals surface area contributed by atoms with E-state index >= 15 is 0 Å². The molecule has 0 aromatic heterocycles. The van der Waals surface area contributed by atoms with E-state index in [-0.39, 0.29) is 5.92 Å². The van der Waals surface area contributed by atoms with Crippen LogP contribution in [0.4, 0.5) is 0 Å². The van der Waals surface area contributed by atoms with Crippen LogP contribution in [0.1, 0.15) is 44.6 Å². The second-order valence-electron chi connectivity index (χ2n) is 5.40. The number of ketones is 1. The lowest BCUT2D eigenvalue weighted by Gasteiger charge is -2.29. The summed E-state index contributed by atoms with van der Waals surface area (Å²) in [6, 6.07) is 5.41. The van der Waals surface area contributed by atoms with Crippen molar-refractivity contribution in [3.05, 3.63) is 33.8 Å². The molecule has 0 aliphatic heterocycles. The first-order valence-electron chi connectivity index (χ1n) is 7.09. The molecule has 1 saturated carbocycles. The smallest absolute Gasteiger partial charge is 0.140 e. The fourth-order valence-corrected chi connectivity index (χ4v) is 3.66. The van der Waals surface area contributed by atoms with E-state index in [9.17, 15) is 4.79 Å². The molecule has 1 aromatic rings. The van der Waals surface area contributed by atoms with Gasteiger partial charge in [-0.05, 0) is 36.5 Å². The van der Waals surface area contributed by atoms with E-state index < -0.39 is 0 Å². The first kappa shape index (κ1) is 14.9. The molecule has 3 heteroatoms. The minimum atomic E-state index is 0.200. The number of carbonyl (C=O) groups excluding carboxylic acids is 1. The van der Waals surface area contributed by atoms with Crippen LogP contribution in [0, 0.1) is 11.8 Å². The number of benzene rings is 1. The van der Waals surface area contributed by atoms with Crippen LogP contribution in [0.25, 0.3) is 0 Å². The fourth-order valence-electron chi connectivity index (χ4n) is 3.13. The van der Waals surface area contributed by atoms with Gasteiger partial charge < -0.3 is 0 Å². The van der Waals surface area contributed by atoms with Crippen molar-refractivity contribution >= 4 is 29.0 Å². The van der Waals surface area contributed by atoms with Crippen molar-refractivity contribution in [2.45, 2.75) is 45.4 Å². The van der Waals surface area contributed by atoms with Gasteiger partial charge in [0.15, 0.2) is 0 Å². The zero-order valence-corrected chi connectivity index (χ0v) is 12.8. The molecule has 2 atom stereocenters. The molecule has 2 rings (SSSR count). The molecule has 0 saturated heterocycles. The molecule has 1 aromatic carbocycles. The number of Topliss-reactive ketones (excluding diaryl/α,β-unsaturated/α-hetero) is 1. The lowest BCUT2D eigenvalue weighted by Crippen LogP contribution is -2.28. The van der Waals surface area contributed by atoms with E-state index in [2.05, 4.69) is 6.92 Å². The summed E-state index contributed by atoms with van der Waals surface area (Å²) in [5.74, 6) is 1.05. The third-order valence-electron chi connectivity index (χ3n) is 4.26. The molecular formula is C16H20Cl2O. The third-order valence-corrected chi connectivity index (χ3v) is 4.97. The van der Waals surface area contributed by atoms with Gasteiger partial charge in [-0.15, -0.1) is 0 Å². The Kier molecular flexibility index (Phi) is 5.29. The highest BCUT2D eigenvalue weighted by molar-refractivity contribution is 6.36. The Hall–Kier alpha value is -0.530. The summed E-state index contributed by atoms with van der Waals surface area (Å²) in [5, 5.41) is 1.20. The Labute approximate surface area is 125 Å². The molecule has 0 N–H and O–H groups in total. The van der Waals surface area contributed by atoms with Crippen LogP contribution in [-0.2, 0) is 11.2 Å². The number of hydrogen-bond donors (Lipinski definition) is 0. The van der Waals surface area contributed by atoms with Crippen LogP contribution in [0.2, 0.25) is 10.0 Å². The Morgan fingerprint density at radius 2 is 1.84 bits per heavy atom. The summed E-state index contributed by atoms with van der Waals surface area (Å²) in [5.41, 5.74) is 0.788. The number of halogens is 2. The van der Waals surface area contributed by atoms with E-state index in [4.69, 9.17) is 23.2 Å². The van der Waals surface area contributed by atoms with Crippen LogP contribution < -0.4 is 0 Å². The maximum Gasteiger partial charge on any atom is 0.140 e. The molecule has 1 aliphatic carbocycles. The van der Waals surface area contributed by atoms with E-state index in [1.165, 1.54) is 19.3 Å². The Balaban J connectivity index is 2.12. The quantitative estimate of drug-likeness (QED) is 0.735. The van der Waals surface area contributed by atoms with Gasteiger partial charge in [-0.2, -0.15) is 0 Å². The van der Waals surface area contributed by atoms with Crippen molar-refractivity contribution < 1.29 is 4.79 Å². The lowest BCUT2D eigenvalue weighted by atomic mass is 9.74. The Morgan fingerprint density at radius 3 is 2.47 bits per heavy atom. The molecule has 0 bridgehead atoms. The summed E-state index contributed by atoms with van der Waals surface area (Å²) in [6.45, 7) is 2.18. The van der Waals surface area contributed by atoms with Crippen molar-refractivity contribution in [3.8, 4) is 0 Å². The first-order chi connectivity index (χ1) is 9.13. The predicted molar refractivity (Wildman–Crippen MR) is 80.9 cm³/mol. The van der Waals surface area contributed by atoms with Gasteiger partial charge in [0.2, 0.25) is 0 Å². The van der Waals surface area contributed by atoms with Crippen LogP contribution >= 0.6 is 23.2 Å². The Bertz CT molecular complexity index is 436. The molecule has 19 heavy (non-hydrogen) atoms. The van der Waals surface area contributed by atoms with Gasteiger partial charge in [-0.1, -0.05) is 55.5 Å². The highest BCUT2D eigenvalue weighted by Gasteiger charge is 2.29. The largest absolute Gasteiger partial charge is 0.299 e. The van der Waals surface area contributed by atoms with E-state index in [1.807, 2.05) is 6.07 Å². The zero-order chi connectivity index (χ0) is 13.8. The number of hydrogen-bond acceptors (Lipinski definition) is 1. The highest BCUT2D eigenvalue weighted by atomic mass is 35.5. The van der Waals surface area contributed by atoms with Crippen molar-refractivity contribution in [1.29, 1.82) is 0 Å². The van der Waals surface area contributed by atoms with Gasteiger partial charge in [-0.3, -0.25) is 4.79 Å². The minimum Gasteiger partial charge on any atom is -0.299 e. The second kappa shape index (κ2) is 6.76.